The average molecular weight is 276 g/mol. The van der Waals surface area contributed by atoms with E-state index < -0.39 is 17.3 Å². The van der Waals surface area contributed by atoms with Crippen LogP contribution in [0.4, 0.5) is 4.39 Å². The number of hydrogen-bond donors (Lipinski definition) is 1. The van der Waals surface area contributed by atoms with E-state index in [1.54, 1.807) is 18.2 Å². The van der Waals surface area contributed by atoms with Gasteiger partial charge >= 0.3 is 5.97 Å². The topological polar surface area (TPSA) is 55.8 Å². The van der Waals surface area contributed by atoms with E-state index in [1.165, 1.54) is 19.2 Å². The zero-order valence-corrected chi connectivity index (χ0v) is 11.0. The van der Waals surface area contributed by atoms with E-state index in [1.807, 2.05) is 6.92 Å². The van der Waals surface area contributed by atoms with Gasteiger partial charge in [-0.15, -0.1) is 0 Å². The van der Waals surface area contributed by atoms with Crippen molar-refractivity contribution in [2.75, 3.05) is 7.11 Å². The molecule has 1 N–H and O–H groups in total. The SMILES string of the molecule is COc1cc(C)cc(Oc2cccc(F)c2C(=O)O)c1. The number of carbonyl (C=O) groups is 1. The lowest BCUT2D eigenvalue weighted by atomic mass is 10.2. The monoisotopic (exact) mass is 276 g/mol. The van der Waals surface area contributed by atoms with E-state index in [2.05, 4.69) is 0 Å². The fourth-order valence-electron chi connectivity index (χ4n) is 1.81. The van der Waals surface area contributed by atoms with E-state index in [4.69, 9.17) is 14.6 Å². The third-order valence-electron chi connectivity index (χ3n) is 2.68. The normalized spacial score (nSPS) is 10.2. The van der Waals surface area contributed by atoms with Crippen molar-refractivity contribution in [2.45, 2.75) is 6.92 Å². The maximum absolute atomic E-state index is 13.5. The molecule has 20 heavy (non-hydrogen) atoms. The summed E-state index contributed by atoms with van der Waals surface area (Å²) in [5.74, 6) is -1.30. The fraction of sp³-hybridized carbons (Fsp3) is 0.133. The molecular formula is C15H13FO4. The Hall–Kier alpha value is -2.56. The summed E-state index contributed by atoms with van der Waals surface area (Å²) in [6.45, 7) is 1.85. The first kappa shape index (κ1) is 13.9. The Balaban J connectivity index is 2.42. The van der Waals surface area contributed by atoms with E-state index >= 15 is 0 Å². The van der Waals surface area contributed by atoms with Crippen molar-refractivity contribution in [1.82, 2.24) is 0 Å². The summed E-state index contributed by atoms with van der Waals surface area (Å²) in [6.07, 6.45) is 0. The van der Waals surface area contributed by atoms with Crippen molar-refractivity contribution in [2.24, 2.45) is 0 Å². The highest BCUT2D eigenvalue weighted by atomic mass is 19.1. The largest absolute Gasteiger partial charge is 0.497 e. The summed E-state index contributed by atoms with van der Waals surface area (Å²) in [5.41, 5.74) is 0.389. The molecule has 2 rings (SSSR count). The summed E-state index contributed by atoms with van der Waals surface area (Å²) in [6, 6.07) is 8.98. The van der Waals surface area contributed by atoms with Crippen molar-refractivity contribution < 1.29 is 23.8 Å². The van der Waals surface area contributed by atoms with Gasteiger partial charge in [0, 0.05) is 6.07 Å². The van der Waals surface area contributed by atoms with Crippen molar-refractivity contribution >= 4 is 5.97 Å². The molecule has 0 spiro atoms. The van der Waals surface area contributed by atoms with Gasteiger partial charge in [-0.1, -0.05) is 6.07 Å². The number of benzene rings is 2. The van der Waals surface area contributed by atoms with E-state index in [-0.39, 0.29) is 5.75 Å². The number of aromatic carboxylic acids is 1. The molecule has 0 bridgehead atoms. The van der Waals surface area contributed by atoms with Gasteiger partial charge in [0.15, 0.2) is 0 Å². The second kappa shape index (κ2) is 5.61. The van der Waals surface area contributed by atoms with Crippen LogP contribution < -0.4 is 9.47 Å². The molecule has 0 aliphatic carbocycles. The molecule has 4 nitrogen and oxygen atoms in total. The van der Waals surface area contributed by atoms with Crippen LogP contribution in [0.5, 0.6) is 17.2 Å². The smallest absolute Gasteiger partial charge is 0.342 e. The van der Waals surface area contributed by atoms with E-state index in [0.29, 0.717) is 11.5 Å². The van der Waals surface area contributed by atoms with Gasteiger partial charge in [0.1, 0.15) is 28.6 Å². The zero-order valence-electron chi connectivity index (χ0n) is 11.0. The van der Waals surface area contributed by atoms with Crippen LogP contribution in [0.25, 0.3) is 0 Å². The van der Waals surface area contributed by atoms with Crippen LogP contribution in [0.2, 0.25) is 0 Å². The van der Waals surface area contributed by atoms with Crippen LogP contribution >= 0.6 is 0 Å². The van der Waals surface area contributed by atoms with Crippen LogP contribution in [-0.4, -0.2) is 18.2 Å². The first-order chi connectivity index (χ1) is 9.51. The summed E-state index contributed by atoms with van der Waals surface area (Å²) < 4.78 is 24.1. The number of aryl methyl sites for hydroxylation is 1. The highest BCUT2D eigenvalue weighted by Gasteiger charge is 2.17. The number of carboxylic acids is 1. The molecule has 0 aliphatic rings. The number of hydrogen-bond acceptors (Lipinski definition) is 3. The highest BCUT2D eigenvalue weighted by Crippen LogP contribution is 2.30. The maximum Gasteiger partial charge on any atom is 0.342 e. The van der Waals surface area contributed by atoms with Crippen LogP contribution in [0, 0.1) is 12.7 Å². The predicted molar refractivity (Wildman–Crippen MR) is 71.2 cm³/mol. The van der Waals surface area contributed by atoms with E-state index in [0.717, 1.165) is 11.6 Å². The standard InChI is InChI=1S/C15H13FO4/c1-9-6-10(19-2)8-11(7-9)20-13-5-3-4-12(16)14(13)15(17)18/h3-8H,1-2H3,(H,17,18). The van der Waals surface area contributed by atoms with Gasteiger partial charge < -0.3 is 14.6 Å². The van der Waals surface area contributed by atoms with Gasteiger partial charge in [-0.3, -0.25) is 0 Å². The Bertz CT molecular complexity index is 652. The molecule has 0 heterocycles. The first-order valence-electron chi connectivity index (χ1n) is 5.86. The summed E-state index contributed by atoms with van der Waals surface area (Å²) >= 11 is 0. The lowest BCUT2D eigenvalue weighted by molar-refractivity contribution is 0.0689. The van der Waals surface area contributed by atoms with Gasteiger partial charge in [0.05, 0.1) is 7.11 Å². The lowest BCUT2D eigenvalue weighted by Crippen LogP contribution is -2.03. The van der Waals surface area contributed by atoms with Gasteiger partial charge in [0.2, 0.25) is 0 Å². The molecular weight excluding hydrogens is 263 g/mol. The molecule has 0 aromatic heterocycles. The second-order valence-corrected chi connectivity index (χ2v) is 4.21. The number of rotatable bonds is 4. The summed E-state index contributed by atoms with van der Waals surface area (Å²) in [7, 11) is 1.52. The summed E-state index contributed by atoms with van der Waals surface area (Å²) in [4.78, 5) is 11.1. The first-order valence-corrected chi connectivity index (χ1v) is 5.86. The Kier molecular flexibility index (Phi) is 3.89. The molecule has 0 saturated carbocycles. The van der Waals surface area contributed by atoms with Gasteiger partial charge in [-0.05, 0) is 36.8 Å². The van der Waals surface area contributed by atoms with E-state index in [9.17, 15) is 9.18 Å². The van der Waals surface area contributed by atoms with Crippen molar-refractivity contribution in [3.8, 4) is 17.2 Å². The van der Waals surface area contributed by atoms with Crippen LogP contribution in [0.1, 0.15) is 15.9 Å². The Morgan fingerprint density at radius 1 is 1.20 bits per heavy atom. The minimum absolute atomic E-state index is 0.0508. The number of halogens is 1. The van der Waals surface area contributed by atoms with Gasteiger partial charge in [-0.25, -0.2) is 9.18 Å². The van der Waals surface area contributed by atoms with Crippen molar-refractivity contribution in [3.05, 3.63) is 53.3 Å². The molecule has 0 atom stereocenters. The third-order valence-corrected chi connectivity index (χ3v) is 2.68. The number of carboxylic acid groups (broad SMARTS) is 1. The van der Waals surface area contributed by atoms with Crippen LogP contribution in [0.15, 0.2) is 36.4 Å². The lowest BCUT2D eigenvalue weighted by Gasteiger charge is -2.11. The molecule has 0 saturated heterocycles. The van der Waals surface area contributed by atoms with Crippen molar-refractivity contribution in [1.29, 1.82) is 0 Å². The third kappa shape index (κ3) is 2.88. The number of methoxy groups -OCH3 is 1. The molecule has 104 valence electrons. The predicted octanol–water partition coefficient (Wildman–Crippen LogP) is 3.63. The Labute approximate surface area is 115 Å². The minimum Gasteiger partial charge on any atom is -0.497 e. The molecule has 5 heteroatoms. The minimum atomic E-state index is -1.38. The molecule has 0 fully saturated rings. The van der Waals surface area contributed by atoms with Crippen LogP contribution in [0.3, 0.4) is 0 Å². The Morgan fingerprint density at radius 2 is 1.90 bits per heavy atom. The molecule has 0 aliphatic heterocycles. The molecule has 2 aromatic carbocycles. The van der Waals surface area contributed by atoms with Gasteiger partial charge in [0.25, 0.3) is 0 Å². The molecule has 2 aromatic rings. The fourth-order valence-corrected chi connectivity index (χ4v) is 1.81. The second-order valence-electron chi connectivity index (χ2n) is 4.21. The highest BCUT2D eigenvalue weighted by molar-refractivity contribution is 5.91. The van der Waals surface area contributed by atoms with Crippen LogP contribution in [-0.2, 0) is 0 Å². The van der Waals surface area contributed by atoms with Gasteiger partial charge in [-0.2, -0.15) is 0 Å². The number of ether oxygens (including phenoxy) is 2. The van der Waals surface area contributed by atoms with Crippen molar-refractivity contribution in [3.63, 3.8) is 0 Å². The molecule has 0 unspecified atom stereocenters. The maximum atomic E-state index is 13.5. The molecule has 0 radical (unpaired) electrons. The quantitative estimate of drug-likeness (QED) is 0.926. The molecule has 0 amide bonds. The average Bonchev–Trinajstić information content (AvgIpc) is 2.37. The summed E-state index contributed by atoms with van der Waals surface area (Å²) in [5, 5.41) is 9.04. The zero-order chi connectivity index (χ0) is 14.7. The Morgan fingerprint density at radius 3 is 2.55 bits per heavy atom.